The Balaban J connectivity index is 1.01. The molecule has 0 N–H and O–H groups in total. The van der Waals surface area contributed by atoms with Gasteiger partial charge in [0.1, 0.15) is 0 Å². The summed E-state index contributed by atoms with van der Waals surface area (Å²) in [5.41, 5.74) is 20.2. The van der Waals surface area contributed by atoms with Crippen molar-refractivity contribution in [1.29, 1.82) is 0 Å². The molecule has 2 atom stereocenters. The van der Waals surface area contributed by atoms with Crippen molar-refractivity contribution in [3.63, 3.8) is 0 Å². The van der Waals surface area contributed by atoms with E-state index in [2.05, 4.69) is 186 Å². The van der Waals surface area contributed by atoms with E-state index in [0.717, 1.165) is 108 Å². The van der Waals surface area contributed by atoms with Gasteiger partial charge in [-0.05, 0) is 197 Å². The highest BCUT2D eigenvalue weighted by Gasteiger charge is 2.49. The SMILES string of the molecule is C=Cc1ccc(C2(C3=C(C)CCC(C)=C3)c3ccccc3-c3ccc(N(c4ccc(N(c5ccc6c(c5)C(c5ccc(C=C)cc5)(c5cc(C)ccc5C)c5ccccc5-6)c5cccc(F)c5F)cc4)c4cccc(F)c4F)cc32)cc1. The van der Waals surface area contributed by atoms with Crippen LogP contribution in [-0.2, 0) is 10.8 Å². The van der Waals surface area contributed by atoms with Gasteiger partial charge < -0.3 is 9.80 Å². The number of allylic oxidation sites excluding steroid dienone is 4. The van der Waals surface area contributed by atoms with Crippen LogP contribution in [0.1, 0.15) is 87.9 Å². The molecule has 0 bridgehead atoms. The Morgan fingerprint density at radius 2 is 0.854 bits per heavy atom. The first-order chi connectivity index (χ1) is 39.9. The summed E-state index contributed by atoms with van der Waals surface area (Å²) in [7, 11) is 0. The van der Waals surface area contributed by atoms with E-state index in [1.165, 1.54) is 28.9 Å². The largest absolute Gasteiger partial charge is 0.308 e. The predicted octanol–water partition coefficient (Wildman–Crippen LogP) is 20.8. The van der Waals surface area contributed by atoms with Gasteiger partial charge in [0.25, 0.3) is 0 Å². The third-order valence-corrected chi connectivity index (χ3v) is 17.4. The molecular weight excluding hydrogens is 1020 g/mol. The molecule has 400 valence electrons. The van der Waals surface area contributed by atoms with Crippen molar-refractivity contribution in [2.24, 2.45) is 0 Å². The summed E-state index contributed by atoms with van der Waals surface area (Å²) < 4.78 is 65.1. The van der Waals surface area contributed by atoms with E-state index < -0.39 is 34.1 Å². The highest BCUT2D eigenvalue weighted by molar-refractivity contribution is 5.93. The molecule has 0 aliphatic heterocycles. The standard InChI is InChI=1S/C76H58F4N2/c1-7-51-27-31-53(32-28-51)75(65-43-47(3)23-25-49(65)5)63-17-11-9-15-59(63)61-41-39-57(45-67(61)75)81(71-21-13-19-69(77)73(71)79)55-35-37-56(38-36-55)82(72-22-14-20-70(78)74(72)80)58-40-42-62-60-16-10-12-18-64(60)76(68(62)46-58,54-33-29-52(8-2)30-34-54)66-44-48(4)24-26-50(66)6/h7-23,25,27-46H,1-2,24,26H2,3-6H3. The van der Waals surface area contributed by atoms with Crippen LogP contribution in [0.5, 0.6) is 0 Å². The lowest BCUT2D eigenvalue weighted by molar-refractivity contribution is 0.510. The maximum atomic E-state index is 16.8. The van der Waals surface area contributed by atoms with Gasteiger partial charge >= 0.3 is 0 Å². The van der Waals surface area contributed by atoms with E-state index in [4.69, 9.17) is 0 Å². The third kappa shape index (κ3) is 7.98. The molecule has 0 saturated carbocycles. The van der Waals surface area contributed by atoms with E-state index in [-0.39, 0.29) is 11.4 Å². The zero-order chi connectivity index (χ0) is 56.6. The molecule has 0 amide bonds. The monoisotopic (exact) mass is 1070 g/mol. The topological polar surface area (TPSA) is 6.48 Å². The van der Waals surface area contributed by atoms with Crippen LogP contribution in [0, 0.1) is 37.1 Å². The first-order valence-corrected chi connectivity index (χ1v) is 27.8. The summed E-state index contributed by atoms with van der Waals surface area (Å²) in [4.78, 5) is 3.48. The number of halogens is 4. The second-order valence-electron chi connectivity index (χ2n) is 22.0. The number of nitrogens with zero attached hydrogens (tertiary/aromatic N) is 2. The summed E-state index contributed by atoms with van der Waals surface area (Å²) in [5, 5.41) is 0. The molecule has 0 saturated heterocycles. The second kappa shape index (κ2) is 20.2. The number of hydrogen-bond acceptors (Lipinski definition) is 2. The number of benzene rings is 10. The van der Waals surface area contributed by atoms with Crippen LogP contribution in [0.4, 0.5) is 51.7 Å². The first kappa shape index (κ1) is 51.9. The van der Waals surface area contributed by atoms with Crippen LogP contribution in [0.15, 0.2) is 248 Å². The highest BCUT2D eigenvalue weighted by atomic mass is 19.2. The Morgan fingerprint density at radius 1 is 0.402 bits per heavy atom. The molecule has 13 rings (SSSR count). The summed E-state index contributed by atoms with van der Waals surface area (Å²) in [6, 6.07) is 68.8. The van der Waals surface area contributed by atoms with Gasteiger partial charge in [-0.2, -0.15) is 0 Å². The Labute approximate surface area is 477 Å². The van der Waals surface area contributed by atoms with Gasteiger partial charge in [0, 0.05) is 22.7 Å². The lowest BCUT2D eigenvalue weighted by atomic mass is 9.64. The van der Waals surface area contributed by atoms with Crippen LogP contribution in [-0.4, -0.2) is 0 Å². The zero-order valence-corrected chi connectivity index (χ0v) is 46.2. The Hall–Kier alpha value is -9.52. The number of fused-ring (bicyclic) bond motifs is 6. The maximum absolute atomic E-state index is 16.8. The van der Waals surface area contributed by atoms with E-state index in [9.17, 15) is 0 Å². The molecule has 0 aromatic heterocycles. The van der Waals surface area contributed by atoms with Gasteiger partial charge in [-0.3, -0.25) is 0 Å². The second-order valence-corrected chi connectivity index (χ2v) is 22.0. The number of rotatable bonds is 12. The summed E-state index contributed by atoms with van der Waals surface area (Å²) in [5.74, 6) is -4.02. The average Bonchev–Trinajstić information content (AvgIpc) is 2.05. The van der Waals surface area contributed by atoms with E-state index in [1.54, 1.807) is 21.9 Å². The summed E-state index contributed by atoms with van der Waals surface area (Å²) in [6.45, 7) is 16.8. The summed E-state index contributed by atoms with van der Waals surface area (Å²) >= 11 is 0. The molecule has 2 nitrogen and oxygen atoms in total. The van der Waals surface area contributed by atoms with Crippen LogP contribution in [0.25, 0.3) is 34.4 Å². The lowest BCUT2D eigenvalue weighted by Gasteiger charge is -2.38. The van der Waals surface area contributed by atoms with Crippen molar-refractivity contribution in [3.8, 4) is 22.3 Å². The van der Waals surface area contributed by atoms with E-state index in [1.807, 2.05) is 48.6 Å². The highest BCUT2D eigenvalue weighted by Crippen LogP contribution is 2.61. The van der Waals surface area contributed by atoms with Crippen molar-refractivity contribution in [3.05, 3.63) is 333 Å². The molecule has 6 heteroatoms. The van der Waals surface area contributed by atoms with Crippen molar-refractivity contribution < 1.29 is 17.6 Å². The fourth-order valence-corrected chi connectivity index (χ4v) is 13.5. The summed E-state index contributed by atoms with van der Waals surface area (Å²) in [6.07, 6.45) is 7.89. The van der Waals surface area contributed by atoms with Crippen molar-refractivity contribution in [2.75, 3.05) is 9.80 Å². The van der Waals surface area contributed by atoms with Crippen molar-refractivity contribution in [1.82, 2.24) is 0 Å². The minimum absolute atomic E-state index is 0.00285. The molecule has 3 aliphatic rings. The van der Waals surface area contributed by atoms with Gasteiger partial charge in [-0.25, -0.2) is 17.6 Å². The molecule has 0 heterocycles. The minimum atomic E-state index is -1.02. The smallest absolute Gasteiger partial charge is 0.182 e. The minimum Gasteiger partial charge on any atom is -0.308 e. The maximum Gasteiger partial charge on any atom is 0.182 e. The van der Waals surface area contributed by atoms with Crippen LogP contribution in [0.2, 0.25) is 0 Å². The zero-order valence-electron chi connectivity index (χ0n) is 46.2. The van der Waals surface area contributed by atoms with Gasteiger partial charge in [0.2, 0.25) is 0 Å². The van der Waals surface area contributed by atoms with Gasteiger partial charge in [0.15, 0.2) is 23.3 Å². The van der Waals surface area contributed by atoms with Crippen LogP contribution in [0.3, 0.4) is 0 Å². The Morgan fingerprint density at radius 3 is 1.37 bits per heavy atom. The van der Waals surface area contributed by atoms with Crippen molar-refractivity contribution in [2.45, 2.75) is 51.4 Å². The van der Waals surface area contributed by atoms with E-state index >= 15 is 17.6 Å². The number of anilines is 6. The Bertz CT molecular complexity index is 4300. The van der Waals surface area contributed by atoms with Crippen LogP contribution < -0.4 is 9.80 Å². The first-order valence-electron chi connectivity index (χ1n) is 27.8. The molecule has 0 spiro atoms. The van der Waals surface area contributed by atoms with E-state index in [0.29, 0.717) is 22.7 Å². The third-order valence-electron chi connectivity index (χ3n) is 17.4. The molecule has 10 aromatic rings. The van der Waals surface area contributed by atoms with Gasteiger partial charge in [0.05, 0.1) is 22.2 Å². The quantitative estimate of drug-likeness (QED) is 0.113. The van der Waals surface area contributed by atoms with Crippen molar-refractivity contribution >= 4 is 46.3 Å². The van der Waals surface area contributed by atoms with Gasteiger partial charge in [-0.1, -0.05) is 188 Å². The number of hydrogen-bond donors (Lipinski definition) is 0. The molecule has 3 aliphatic carbocycles. The number of aryl methyl sites for hydroxylation is 2. The average molecular weight is 1080 g/mol. The fourth-order valence-electron chi connectivity index (χ4n) is 13.5. The molecule has 0 radical (unpaired) electrons. The lowest BCUT2D eigenvalue weighted by Crippen LogP contribution is -2.31. The Kier molecular flexibility index (Phi) is 12.8. The van der Waals surface area contributed by atoms with Gasteiger partial charge in [-0.15, -0.1) is 0 Å². The van der Waals surface area contributed by atoms with Crippen LogP contribution >= 0.6 is 0 Å². The molecule has 2 unspecified atom stereocenters. The molecular formula is C76H58F4N2. The molecule has 82 heavy (non-hydrogen) atoms. The fraction of sp³-hybridized carbons (Fsp3) is 0.105. The normalized spacial score (nSPS) is 16.7. The predicted molar refractivity (Wildman–Crippen MR) is 330 cm³/mol. The molecule has 10 aromatic carbocycles. The molecule has 0 fully saturated rings.